The molecular formula is C17H12F3N3O3S. The van der Waals surface area contributed by atoms with Crippen molar-refractivity contribution in [2.24, 2.45) is 7.05 Å². The van der Waals surface area contributed by atoms with Crippen LogP contribution in [0.25, 0.3) is 5.69 Å². The van der Waals surface area contributed by atoms with Crippen LogP contribution in [-0.2, 0) is 13.2 Å². The van der Waals surface area contributed by atoms with Gasteiger partial charge >= 0.3 is 23.2 Å². The molecule has 140 valence electrons. The van der Waals surface area contributed by atoms with Gasteiger partial charge in [-0.25, -0.2) is 23.5 Å². The Hall–Kier alpha value is -3.01. The first kappa shape index (κ1) is 18.8. The fourth-order valence-electron chi connectivity index (χ4n) is 2.29. The Morgan fingerprint density at radius 2 is 1.37 bits per heavy atom. The van der Waals surface area contributed by atoms with E-state index < -0.39 is 28.8 Å². The molecule has 0 bridgehead atoms. The first-order valence-electron chi connectivity index (χ1n) is 7.55. The van der Waals surface area contributed by atoms with E-state index in [1.165, 1.54) is 43.1 Å². The number of nitrogens with one attached hydrogen (secondary N) is 1. The van der Waals surface area contributed by atoms with Crippen LogP contribution in [-0.4, -0.2) is 14.1 Å². The Morgan fingerprint density at radius 3 is 1.89 bits per heavy atom. The van der Waals surface area contributed by atoms with Gasteiger partial charge in [-0.1, -0.05) is 11.8 Å². The van der Waals surface area contributed by atoms with Crippen LogP contribution >= 0.6 is 11.8 Å². The monoisotopic (exact) mass is 395 g/mol. The number of aromatic nitrogens is 3. The van der Waals surface area contributed by atoms with Gasteiger partial charge in [0.1, 0.15) is 0 Å². The lowest BCUT2D eigenvalue weighted by Gasteiger charge is -2.08. The lowest BCUT2D eigenvalue weighted by atomic mass is 10.2. The molecule has 2 aromatic carbocycles. The predicted molar refractivity (Wildman–Crippen MR) is 93.5 cm³/mol. The van der Waals surface area contributed by atoms with E-state index in [0.29, 0.717) is 9.79 Å². The highest BCUT2D eigenvalue weighted by atomic mass is 32.2. The molecule has 0 aliphatic heterocycles. The number of halogens is 3. The molecule has 0 saturated heterocycles. The first-order valence-corrected chi connectivity index (χ1v) is 8.36. The molecule has 0 spiro atoms. The second kappa shape index (κ2) is 6.95. The van der Waals surface area contributed by atoms with E-state index in [1.807, 2.05) is 4.98 Å². The van der Waals surface area contributed by atoms with Crippen molar-refractivity contribution in [3.8, 4) is 5.69 Å². The van der Waals surface area contributed by atoms with Crippen molar-refractivity contribution in [1.29, 1.82) is 0 Å². The number of rotatable bonds is 3. The summed E-state index contributed by atoms with van der Waals surface area (Å²) >= 11 is 1.23. The van der Waals surface area contributed by atoms with Crippen LogP contribution in [0.4, 0.5) is 13.2 Å². The normalized spacial score (nSPS) is 11.6. The number of H-pyrrole nitrogens is 1. The molecule has 0 aliphatic carbocycles. The molecule has 27 heavy (non-hydrogen) atoms. The zero-order valence-electron chi connectivity index (χ0n) is 13.8. The summed E-state index contributed by atoms with van der Waals surface area (Å²) in [4.78, 5) is 38.8. The Labute approximate surface area is 153 Å². The van der Waals surface area contributed by atoms with Crippen molar-refractivity contribution < 1.29 is 13.2 Å². The molecule has 0 saturated carbocycles. The van der Waals surface area contributed by atoms with Crippen LogP contribution in [0.5, 0.6) is 0 Å². The highest BCUT2D eigenvalue weighted by Gasteiger charge is 2.29. The van der Waals surface area contributed by atoms with Crippen LogP contribution in [0.3, 0.4) is 0 Å². The molecule has 0 radical (unpaired) electrons. The highest BCUT2D eigenvalue weighted by Crippen LogP contribution is 2.33. The van der Waals surface area contributed by atoms with Crippen LogP contribution in [0.2, 0.25) is 0 Å². The van der Waals surface area contributed by atoms with Crippen molar-refractivity contribution in [2.75, 3.05) is 0 Å². The smallest absolute Gasteiger partial charge is 0.258 e. The van der Waals surface area contributed by atoms with Gasteiger partial charge in [-0.15, -0.1) is 0 Å². The summed E-state index contributed by atoms with van der Waals surface area (Å²) in [6.45, 7) is 0. The SMILES string of the molecule is Cn1c(=O)[nH]c(=O)n(-c2ccc(Sc3ccc(C(F)(F)F)cc3)cc2)c1=O. The Morgan fingerprint density at radius 1 is 0.852 bits per heavy atom. The van der Waals surface area contributed by atoms with E-state index in [-0.39, 0.29) is 5.69 Å². The largest absolute Gasteiger partial charge is 0.416 e. The minimum atomic E-state index is -4.39. The summed E-state index contributed by atoms with van der Waals surface area (Å²) in [6, 6.07) is 11.0. The van der Waals surface area contributed by atoms with E-state index in [1.54, 1.807) is 12.1 Å². The lowest BCUT2D eigenvalue weighted by molar-refractivity contribution is -0.137. The third-order valence-electron chi connectivity index (χ3n) is 3.71. The van der Waals surface area contributed by atoms with E-state index in [9.17, 15) is 27.6 Å². The van der Waals surface area contributed by atoms with Gasteiger partial charge in [0, 0.05) is 16.8 Å². The summed E-state index contributed by atoms with van der Waals surface area (Å²) in [6.07, 6.45) is -4.39. The van der Waals surface area contributed by atoms with Gasteiger partial charge in [-0.3, -0.25) is 4.98 Å². The molecule has 6 nitrogen and oxygen atoms in total. The van der Waals surface area contributed by atoms with E-state index >= 15 is 0 Å². The molecule has 1 N–H and O–H groups in total. The molecule has 0 atom stereocenters. The molecule has 1 aromatic heterocycles. The molecular weight excluding hydrogens is 383 g/mol. The Balaban J connectivity index is 1.87. The van der Waals surface area contributed by atoms with E-state index in [4.69, 9.17) is 0 Å². The Kier molecular flexibility index (Phi) is 4.83. The fraction of sp³-hybridized carbons (Fsp3) is 0.118. The minimum Gasteiger partial charge on any atom is -0.258 e. The third-order valence-corrected chi connectivity index (χ3v) is 4.73. The van der Waals surface area contributed by atoms with Crippen molar-refractivity contribution in [1.82, 2.24) is 14.1 Å². The maximum atomic E-state index is 12.6. The lowest BCUT2D eigenvalue weighted by Crippen LogP contribution is -2.47. The number of aromatic amines is 1. The van der Waals surface area contributed by atoms with E-state index in [0.717, 1.165) is 21.3 Å². The van der Waals surface area contributed by atoms with Crippen molar-refractivity contribution in [3.63, 3.8) is 0 Å². The van der Waals surface area contributed by atoms with Gasteiger partial charge in [0.15, 0.2) is 0 Å². The van der Waals surface area contributed by atoms with Crippen molar-refractivity contribution >= 4 is 11.8 Å². The molecule has 10 heteroatoms. The van der Waals surface area contributed by atoms with E-state index in [2.05, 4.69) is 0 Å². The zero-order chi connectivity index (χ0) is 19.8. The maximum Gasteiger partial charge on any atom is 0.416 e. The van der Waals surface area contributed by atoms with Gasteiger partial charge in [0.2, 0.25) is 0 Å². The number of nitrogens with zero attached hydrogens (tertiary/aromatic N) is 2. The summed E-state index contributed by atoms with van der Waals surface area (Å²) in [5, 5.41) is 0. The van der Waals surface area contributed by atoms with Crippen LogP contribution in [0.15, 0.2) is 72.7 Å². The summed E-state index contributed by atoms with van der Waals surface area (Å²) < 4.78 is 39.3. The van der Waals surface area contributed by atoms with Crippen LogP contribution in [0.1, 0.15) is 5.56 Å². The second-order valence-electron chi connectivity index (χ2n) is 5.53. The first-order chi connectivity index (χ1) is 12.7. The number of benzene rings is 2. The fourth-order valence-corrected chi connectivity index (χ4v) is 3.11. The molecule has 3 rings (SSSR count). The summed E-state index contributed by atoms with van der Waals surface area (Å²) in [5.41, 5.74) is -2.92. The standard InChI is InChI=1S/C17H12F3N3O3S/c1-22-14(24)21-15(25)23(16(22)26)11-4-8-13(9-5-11)27-12-6-2-10(3-7-12)17(18,19)20/h2-9H,1H3,(H,21,24,25). The number of hydrogen-bond acceptors (Lipinski definition) is 4. The minimum absolute atomic E-state index is 0.258. The van der Waals surface area contributed by atoms with Crippen LogP contribution in [0, 0.1) is 0 Å². The molecule has 0 aliphatic rings. The Bertz CT molecular complexity index is 1140. The maximum absolute atomic E-state index is 12.6. The molecule has 1 heterocycles. The summed E-state index contributed by atoms with van der Waals surface area (Å²) in [7, 11) is 1.24. The average molecular weight is 395 g/mol. The number of hydrogen-bond donors (Lipinski definition) is 1. The molecule has 0 amide bonds. The number of alkyl halides is 3. The molecule has 3 aromatic rings. The average Bonchev–Trinajstić information content (AvgIpc) is 2.61. The van der Waals surface area contributed by atoms with Gasteiger partial charge in [-0.2, -0.15) is 13.2 Å². The van der Waals surface area contributed by atoms with Crippen molar-refractivity contribution in [2.45, 2.75) is 16.0 Å². The molecule has 0 fully saturated rings. The highest BCUT2D eigenvalue weighted by molar-refractivity contribution is 7.99. The van der Waals surface area contributed by atoms with Gasteiger partial charge in [-0.05, 0) is 48.5 Å². The van der Waals surface area contributed by atoms with Crippen molar-refractivity contribution in [3.05, 3.63) is 85.5 Å². The van der Waals surface area contributed by atoms with Crippen LogP contribution < -0.4 is 17.1 Å². The summed E-state index contributed by atoms with van der Waals surface area (Å²) in [5.74, 6) is 0. The second-order valence-corrected chi connectivity index (χ2v) is 6.68. The topological polar surface area (TPSA) is 76.9 Å². The predicted octanol–water partition coefficient (Wildman–Crippen LogP) is 2.39. The van der Waals surface area contributed by atoms with Gasteiger partial charge in [0.25, 0.3) is 0 Å². The zero-order valence-corrected chi connectivity index (χ0v) is 14.6. The molecule has 0 unspecified atom stereocenters. The van der Waals surface area contributed by atoms with Gasteiger partial charge < -0.3 is 0 Å². The quantitative estimate of drug-likeness (QED) is 0.739. The van der Waals surface area contributed by atoms with Gasteiger partial charge in [0.05, 0.1) is 11.3 Å². The third kappa shape index (κ3) is 3.90.